The lowest BCUT2D eigenvalue weighted by molar-refractivity contribution is -0.115. The van der Waals surface area contributed by atoms with Crippen LogP contribution in [0.5, 0.6) is 0 Å². The zero-order chi connectivity index (χ0) is 17.1. The van der Waals surface area contributed by atoms with E-state index in [0.29, 0.717) is 0 Å². The number of carbonyl (C=O) groups excluding carboxylic acids is 1. The highest BCUT2D eigenvalue weighted by Gasteiger charge is 2.10. The van der Waals surface area contributed by atoms with Gasteiger partial charge in [-0.1, -0.05) is 18.2 Å². The lowest BCUT2D eigenvalue weighted by Crippen LogP contribution is -2.14. The molecule has 3 heterocycles. The largest absolute Gasteiger partial charge is 0.326 e. The molecule has 0 aliphatic carbocycles. The van der Waals surface area contributed by atoms with Gasteiger partial charge in [0.05, 0.1) is 17.0 Å². The summed E-state index contributed by atoms with van der Waals surface area (Å²) in [6.45, 7) is 0. The van der Waals surface area contributed by atoms with Gasteiger partial charge in [0.25, 0.3) is 0 Å². The van der Waals surface area contributed by atoms with Crippen LogP contribution in [0.2, 0.25) is 0 Å². The standard InChI is InChI=1S/C19H14N2OS3/c22-18(10-16-12-25-19(21-16)17-5-2-7-24-17)20-15-4-1-3-13(9-15)14-6-8-23-11-14/h1-9,11-12H,10H2,(H,20,22). The van der Waals surface area contributed by atoms with E-state index < -0.39 is 0 Å². The monoisotopic (exact) mass is 382 g/mol. The van der Waals surface area contributed by atoms with Gasteiger partial charge in [0.1, 0.15) is 5.01 Å². The lowest BCUT2D eigenvalue weighted by atomic mass is 10.1. The number of rotatable bonds is 5. The first-order valence-electron chi connectivity index (χ1n) is 7.69. The molecular formula is C19H14N2OS3. The van der Waals surface area contributed by atoms with E-state index in [1.165, 1.54) is 5.56 Å². The van der Waals surface area contributed by atoms with Crippen LogP contribution in [0.4, 0.5) is 5.69 Å². The van der Waals surface area contributed by atoms with Gasteiger partial charge in [-0.25, -0.2) is 4.98 Å². The maximum atomic E-state index is 12.3. The summed E-state index contributed by atoms with van der Waals surface area (Å²) in [4.78, 5) is 18.0. The van der Waals surface area contributed by atoms with Crippen LogP contribution in [0.25, 0.3) is 21.0 Å². The maximum Gasteiger partial charge on any atom is 0.230 e. The van der Waals surface area contributed by atoms with Crippen molar-refractivity contribution >= 4 is 45.6 Å². The second-order valence-electron chi connectivity index (χ2n) is 5.44. The second kappa shape index (κ2) is 7.31. The first-order valence-corrected chi connectivity index (χ1v) is 10.4. The molecule has 1 amide bonds. The number of benzene rings is 1. The Balaban J connectivity index is 1.43. The Morgan fingerprint density at radius 3 is 2.76 bits per heavy atom. The molecule has 0 radical (unpaired) electrons. The number of anilines is 1. The van der Waals surface area contributed by atoms with Crippen LogP contribution in [0, 0.1) is 0 Å². The van der Waals surface area contributed by atoms with E-state index in [2.05, 4.69) is 21.7 Å². The molecule has 0 atom stereocenters. The molecule has 25 heavy (non-hydrogen) atoms. The van der Waals surface area contributed by atoms with Crippen LogP contribution in [0.3, 0.4) is 0 Å². The van der Waals surface area contributed by atoms with Gasteiger partial charge in [-0.05, 0) is 51.5 Å². The average Bonchev–Trinajstić information content (AvgIpc) is 3.37. The molecule has 0 aliphatic heterocycles. The Labute approximate surface area is 157 Å². The van der Waals surface area contributed by atoms with Crippen LogP contribution in [-0.2, 0) is 11.2 Å². The van der Waals surface area contributed by atoms with Crippen LogP contribution in [0.1, 0.15) is 5.69 Å². The van der Waals surface area contributed by atoms with Gasteiger partial charge in [0.2, 0.25) is 5.91 Å². The van der Waals surface area contributed by atoms with Crippen molar-refractivity contribution in [3.8, 4) is 21.0 Å². The van der Waals surface area contributed by atoms with E-state index in [9.17, 15) is 4.79 Å². The average molecular weight is 383 g/mol. The van der Waals surface area contributed by atoms with Crippen molar-refractivity contribution in [1.82, 2.24) is 4.98 Å². The minimum atomic E-state index is -0.0505. The van der Waals surface area contributed by atoms with Crippen molar-refractivity contribution in [2.24, 2.45) is 0 Å². The highest BCUT2D eigenvalue weighted by atomic mass is 32.1. The van der Waals surface area contributed by atoms with Crippen molar-refractivity contribution in [1.29, 1.82) is 0 Å². The first kappa shape index (κ1) is 16.2. The number of aromatic nitrogens is 1. The summed E-state index contributed by atoms with van der Waals surface area (Å²) in [5.41, 5.74) is 3.89. The smallest absolute Gasteiger partial charge is 0.230 e. The Kier molecular flexibility index (Phi) is 4.74. The molecule has 3 nitrogen and oxygen atoms in total. The SMILES string of the molecule is O=C(Cc1csc(-c2cccs2)n1)Nc1cccc(-c2ccsc2)c1. The third-order valence-electron chi connectivity index (χ3n) is 3.63. The fourth-order valence-corrected chi connectivity index (χ4v) is 4.78. The zero-order valence-electron chi connectivity index (χ0n) is 13.1. The van der Waals surface area contributed by atoms with Gasteiger partial charge in [-0.3, -0.25) is 4.79 Å². The Morgan fingerprint density at radius 2 is 1.96 bits per heavy atom. The summed E-state index contributed by atoms with van der Waals surface area (Å²) >= 11 is 4.90. The molecule has 1 N–H and O–H groups in total. The summed E-state index contributed by atoms with van der Waals surface area (Å²) in [6.07, 6.45) is 0.282. The van der Waals surface area contributed by atoms with E-state index in [1.54, 1.807) is 34.0 Å². The Bertz CT molecular complexity index is 972. The number of carbonyl (C=O) groups is 1. The van der Waals surface area contributed by atoms with E-state index >= 15 is 0 Å². The van der Waals surface area contributed by atoms with E-state index in [0.717, 1.165) is 26.8 Å². The van der Waals surface area contributed by atoms with Gasteiger partial charge < -0.3 is 5.32 Å². The van der Waals surface area contributed by atoms with Crippen LogP contribution >= 0.6 is 34.0 Å². The van der Waals surface area contributed by atoms with Gasteiger partial charge in [-0.2, -0.15) is 11.3 Å². The molecule has 6 heteroatoms. The zero-order valence-corrected chi connectivity index (χ0v) is 15.6. The molecule has 0 bridgehead atoms. The fraction of sp³-hybridized carbons (Fsp3) is 0.0526. The van der Waals surface area contributed by atoms with Gasteiger partial charge in [0, 0.05) is 11.1 Å². The first-order chi connectivity index (χ1) is 12.3. The predicted molar refractivity (Wildman–Crippen MR) is 108 cm³/mol. The lowest BCUT2D eigenvalue weighted by Gasteiger charge is -2.06. The number of nitrogens with one attached hydrogen (secondary N) is 1. The van der Waals surface area contributed by atoms with Crippen LogP contribution < -0.4 is 5.32 Å². The molecule has 0 spiro atoms. The number of hydrogen-bond donors (Lipinski definition) is 1. The van der Waals surface area contributed by atoms with Gasteiger partial charge >= 0.3 is 0 Å². The molecule has 4 aromatic rings. The molecule has 0 saturated heterocycles. The summed E-state index contributed by atoms with van der Waals surface area (Å²) in [7, 11) is 0. The fourth-order valence-electron chi connectivity index (χ4n) is 2.48. The number of amides is 1. The minimum Gasteiger partial charge on any atom is -0.326 e. The second-order valence-corrected chi connectivity index (χ2v) is 8.02. The predicted octanol–water partition coefficient (Wildman–Crippen LogP) is 5.78. The highest BCUT2D eigenvalue weighted by Crippen LogP contribution is 2.28. The Morgan fingerprint density at radius 1 is 1.00 bits per heavy atom. The Hall–Kier alpha value is -2.28. The highest BCUT2D eigenvalue weighted by molar-refractivity contribution is 7.20. The molecule has 0 saturated carbocycles. The third-order valence-corrected chi connectivity index (χ3v) is 6.24. The molecule has 3 aromatic heterocycles. The molecule has 0 aliphatic rings. The molecular weight excluding hydrogens is 368 g/mol. The van der Waals surface area contributed by atoms with E-state index in [1.807, 2.05) is 52.5 Å². The van der Waals surface area contributed by atoms with Crippen molar-refractivity contribution in [2.75, 3.05) is 5.32 Å². The van der Waals surface area contributed by atoms with E-state index in [-0.39, 0.29) is 12.3 Å². The van der Waals surface area contributed by atoms with Gasteiger partial charge in [-0.15, -0.1) is 22.7 Å². The molecule has 1 aromatic carbocycles. The van der Waals surface area contributed by atoms with Crippen LogP contribution in [-0.4, -0.2) is 10.9 Å². The van der Waals surface area contributed by atoms with Crippen molar-refractivity contribution in [3.05, 3.63) is 69.7 Å². The van der Waals surface area contributed by atoms with Crippen molar-refractivity contribution in [2.45, 2.75) is 6.42 Å². The molecule has 0 unspecified atom stereocenters. The molecule has 124 valence electrons. The van der Waals surface area contributed by atoms with Gasteiger partial charge in [0.15, 0.2) is 0 Å². The number of thiazole rings is 1. The molecule has 4 rings (SSSR count). The van der Waals surface area contributed by atoms with Crippen molar-refractivity contribution in [3.63, 3.8) is 0 Å². The summed E-state index contributed by atoms with van der Waals surface area (Å²) in [6, 6.07) is 14.0. The third kappa shape index (κ3) is 3.87. The normalized spacial score (nSPS) is 10.7. The number of nitrogens with zero attached hydrogens (tertiary/aromatic N) is 1. The minimum absolute atomic E-state index is 0.0505. The summed E-state index contributed by atoms with van der Waals surface area (Å²) in [5.74, 6) is -0.0505. The summed E-state index contributed by atoms with van der Waals surface area (Å²) < 4.78 is 0. The quantitative estimate of drug-likeness (QED) is 0.475. The maximum absolute atomic E-state index is 12.3. The number of thiophene rings is 2. The van der Waals surface area contributed by atoms with Crippen molar-refractivity contribution < 1.29 is 4.79 Å². The van der Waals surface area contributed by atoms with E-state index in [4.69, 9.17) is 0 Å². The van der Waals surface area contributed by atoms with Crippen LogP contribution in [0.15, 0.2) is 64.0 Å². The number of hydrogen-bond acceptors (Lipinski definition) is 5. The summed E-state index contributed by atoms with van der Waals surface area (Å²) in [5, 5.41) is 12.1. The molecule has 0 fully saturated rings. The topological polar surface area (TPSA) is 42.0 Å².